The number of hydrogen-bond acceptors (Lipinski definition) is 4. The molecule has 2 aromatic heterocycles. The molecular weight excluding hydrogens is 402 g/mol. The van der Waals surface area contributed by atoms with Crippen LogP contribution in [0.3, 0.4) is 0 Å². The number of phenolic OH excluding ortho intramolecular Hbond substituents is 1. The minimum absolute atomic E-state index is 0.197. The predicted octanol–water partition coefficient (Wildman–Crippen LogP) is 5.05. The van der Waals surface area contributed by atoms with Gasteiger partial charge in [-0.1, -0.05) is 30.3 Å². The van der Waals surface area contributed by atoms with Crippen molar-refractivity contribution in [3.05, 3.63) is 84.2 Å². The highest BCUT2D eigenvalue weighted by Gasteiger charge is 2.17. The lowest BCUT2D eigenvalue weighted by Gasteiger charge is -2.14. The standard InChI is InChI=1S/C27H23NO4/c1-30-21-13-20-14-23-26-17(10-11-28(23)16-22(20)24(29)15-21)6-4-7-18(26)12-19-8-5-9-25(31-2)27(19)32-3/h4-11,13-16H,12H2,1-3H3/p+1. The second-order valence-corrected chi connectivity index (χ2v) is 7.74. The Morgan fingerprint density at radius 1 is 0.812 bits per heavy atom. The third-order valence-corrected chi connectivity index (χ3v) is 5.96. The molecule has 0 aliphatic rings. The van der Waals surface area contributed by atoms with Gasteiger partial charge in [0.25, 0.3) is 0 Å². The molecule has 0 amide bonds. The first-order chi connectivity index (χ1) is 15.6. The van der Waals surface area contributed by atoms with Crippen molar-refractivity contribution in [2.45, 2.75) is 6.42 Å². The van der Waals surface area contributed by atoms with Gasteiger partial charge in [0.2, 0.25) is 5.52 Å². The minimum Gasteiger partial charge on any atom is -0.507 e. The molecule has 5 heteroatoms. The van der Waals surface area contributed by atoms with E-state index >= 15 is 0 Å². The summed E-state index contributed by atoms with van der Waals surface area (Å²) in [5.41, 5.74) is 3.29. The number of benzene rings is 3. The average molecular weight is 426 g/mol. The van der Waals surface area contributed by atoms with Crippen LogP contribution in [0.15, 0.2) is 73.1 Å². The van der Waals surface area contributed by atoms with Gasteiger partial charge in [-0.2, -0.15) is 4.40 Å². The fourth-order valence-electron chi connectivity index (χ4n) is 4.44. The van der Waals surface area contributed by atoms with Gasteiger partial charge in [-0.25, -0.2) is 0 Å². The normalized spacial score (nSPS) is 11.2. The maximum atomic E-state index is 10.5. The van der Waals surface area contributed by atoms with Crippen molar-refractivity contribution in [2.24, 2.45) is 0 Å². The molecule has 0 atom stereocenters. The van der Waals surface area contributed by atoms with E-state index in [1.54, 1.807) is 27.4 Å². The predicted molar refractivity (Wildman–Crippen MR) is 125 cm³/mol. The van der Waals surface area contributed by atoms with E-state index in [2.05, 4.69) is 40.8 Å². The zero-order chi connectivity index (χ0) is 22.2. The van der Waals surface area contributed by atoms with Crippen LogP contribution in [0.25, 0.3) is 27.1 Å². The number of nitrogens with zero attached hydrogens (tertiary/aromatic N) is 1. The third-order valence-electron chi connectivity index (χ3n) is 5.96. The summed E-state index contributed by atoms with van der Waals surface area (Å²) < 4.78 is 18.6. The molecule has 160 valence electrons. The summed E-state index contributed by atoms with van der Waals surface area (Å²) >= 11 is 0. The van der Waals surface area contributed by atoms with Gasteiger partial charge in [-0.3, -0.25) is 0 Å². The van der Waals surface area contributed by atoms with Crippen LogP contribution in [0, 0.1) is 0 Å². The summed E-state index contributed by atoms with van der Waals surface area (Å²) in [5.74, 6) is 2.29. The molecule has 3 aromatic carbocycles. The van der Waals surface area contributed by atoms with Crippen molar-refractivity contribution in [1.29, 1.82) is 0 Å². The first kappa shape index (κ1) is 19.9. The van der Waals surface area contributed by atoms with Crippen molar-refractivity contribution in [3.8, 4) is 23.0 Å². The molecule has 2 heterocycles. The fourth-order valence-corrected chi connectivity index (χ4v) is 4.44. The molecule has 0 saturated carbocycles. The van der Waals surface area contributed by atoms with Gasteiger partial charge in [0.15, 0.2) is 23.9 Å². The smallest absolute Gasteiger partial charge is 0.219 e. The molecule has 0 unspecified atom stereocenters. The number of phenols is 1. The Kier molecular flexibility index (Phi) is 4.94. The first-order valence-corrected chi connectivity index (χ1v) is 10.4. The molecule has 0 radical (unpaired) electrons. The monoisotopic (exact) mass is 426 g/mol. The fraction of sp³-hybridized carbons (Fsp3) is 0.148. The molecule has 32 heavy (non-hydrogen) atoms. The van der Waals surface area contributed by atoms with Crippen LogP contribution in [0.1, 0.15) is 11.1 Å². The second kappa shape index (κ2) is 7.93. The maximum Gasteiger partial charge on any atom is 0.219 e. The molecule has 0 aliphatic carbocycles. The first-order valence-electron chi connectivity index (χ1n) is 10.4. The Morgan fingerprint density at radius 3 is 2.41 bits per heavy atom. The van der Waals surface area contributed by atoms with E-state index in [-0.39, 0.29) is 5.75 Å². The van der Waals surface area contributed by atoms with Gasteiger partial charge < -0.3 is 19.3 Å². The van der Waals surface area contributed by atoms with Crippen LogP contribution in [0.4, 0.5) is 0 Å². The summed E-state index contributed by atoms with van der Waals surface area (Å²) in [7, 11) is 4.92. The van der Waals surface area contributed by atoms with Crippen molar-refractivity contribution < 1.29 is 23.7 Å². The SMILES string of the molecule is COc1cc(O)c2c[n+]3ccc4cccc(Cc5cccc(OC)c5OC)c4c3cc2c1. The van der Waals surface area contributed by atoms with Crippen molar-refractivity contribution in [2.75, 3.05) is 21.3 Å². The van der Waals surface area contributed by atoms with Crippen LogP contribution in [-0.4, -0.2) is 26.4 Å². The largest absolute Gasteiger partial charge is 0.507 e. The number of pyridine rings is 2. The summed E-state index contributed by atoms with van der Waals surface area (Å²) in [6.07, 6.45) is 4.68. The number of hydrogen-bond donors (Lipinski definition) is 1. The minimum atomic E-state index is 0.197. The summed E-state index contributed by atoms with van der Waals surface area (Å²) in [6.45, 7) is 0. The number of aromatic nitrogens is 1. The van der Waals surface area contributed by atoms with E-state index in [0.717, 1.165) is 44.1 Å². The van der Waals surface area contributed by atoms with Gasteiger partial charge >= 0.3 is 0 Å². The average Bonchev–Trinajstić information content (AvgIpc) is 2.82. The van der Waals surface area contributed by atoms with Gasteiger partial charge in [-0.05, 0) is 23.1 Å². The van der Waals surface area contributed by atoms with Crippen LogP contribution in [0.5, 0.6) is 23.0 Å². The van der Waals surface area contributed by atoms with Crippen molar-refractivity contribution in [1.82, 2.24) is 0 Å². The lowest BCUT2D eigenvalue weighted by Crippen LogP contribution is -2.21. The summed E-state index contributed by atoms with van der Waals surface area (Å²) in [5, 5.41) is 14.5. The Bertz CT molecular complexity index is 1480. The molecule has 0 saturated heterocycles. The zero-order valence-electron chi connectivity index (χ0n) is 18.3. The second-order valence-electron chi connectivity index (χ2n) is 7.74. The molecular formula is C27H24NO4+. The summed E-state index contributed by atoms with van der Waals surface area (Å²) in [4.78, 5) is 0. The van der Waals surface area contributed by atoms with Crippen LogP contribution >= 0.6 is 0 Å². The molecule has 1 N–H and O–H groups in total. The number of rotatable bonds is 5. The molecule has 5 nitrogen and oxygen atoms in total. The lowest BCUT2D eigenvalue weighted by molar-refractivity contribution is -0.509. The van der Waals surface area contributed by atoms with Crippen LogP contribution < -0.4 is 18.6 Å². The molecule has 0 fully saturated rings. The number of methoxy groups -OCH3 is 3. The molecule has 5 rings (SSSR count). The van der Waals surface area contributed by atoms with E-state index in [9.17, 15) is 5.11 Å². The molecule has 5 aromatic rings. The lowest BCUT2D eigenvalue weighted by atomic mass is 9.96. The summed E-state index contributed by atoms with van der Waals surface area (Å²) in [6, 6.07) is 20.1. The van der Waals surface area contributed by atoms with E-state index < -0.39 is 0 Å². The highest BCUT2D eigenvalue weighted by Crippen LogP contribution is 2.35. The number of ether oxygens (including phenoxy) is 3. The zero-order valence-corrected chi connectivity index (χ0v) is 18.3. The van der Waals surface area contributed by atoms with Gasteiger partial charge in [0.05, 0.1) is 32.1 Å². The van der Waals surface area contributed by atoms with E-state index in [1.165, 1.54) is 5.56 Å². The third kappa shape index (κ3) is 3.23. The van der Waals surface area contributed by atoms with Gasteiger partial charge in [-0.15, -0.1) is 0 Å². The van der Waals surface area contributed by atoms with Crippen LogP contribution in [-0.2, 0) is 6.42 Å². The highest BCUT2D eigenvalue weighted by molar-refractivity contribution is 6.00. The Balaban J connectivity index is 1.77. The van der Waals surface area contributed by atoms with Gasteiger partial charge in [0, 0.05) is 35.6 Å². The number of aromatic hydroxyl groups is 1. The quantitative estimate of drug-likeness (QED) is 0.243. The van der Waals surface area contributed by atoms with E-state index in [1.807, 2.05) is 30.6 Å². The van der Waals surface area contributed by atoms with Crippen LogP contribution in [0.2, 0.25) is 0 Å². The maximum absolute atomic E-state index is 10.5. The Morgan fingerprint density at radius 2 is 1.62 bits per heavy atom. The topological polar surface area (TPSA) is 52.0 Å². The molecule has 0 aliphatic heterocycles. The Hall–Kier alpha value is -3.99. The number of para-hydroxylation sites is 1. The Labute approximate surface area is 186 Å². The number of fused-ring (bicyclic) bond motifs is 4. The van der Waals surface area contributed by atoms with Crippen molar-refractivity contribution >= 4 is 27.1 Å². The van der Waals surface area contributed by atoms with E-state index in [0.29, 0.717) is 12.2 Å². The van der Waals surface area contributed by atoms with Gasteiger partial charge in [0.1, 0.15) is 11.5 Å². The highest BCUT2D eigenvalue weighted by atomic mass is 16.5. The molecule has 0 spiro atoms. The van der Waals surface area contributed by atoms with Crippen molar-refractivity contribution in [3.63, 3.8) is 0 Å². The van der Waals surface area contributed by atoms with E-state index in [4.69, 9.17) is 14.2 Å². The molecule has 0 bridgehead atoms.